The molecule has 0 aliphatic heterocycles. The van der Waals surface area contributed by atoms with E-state index < -0.39 is 12.1 Å². The predicted octanol–water partition coefficient (Wildman–Crippen LogP) is 2.98. The van der Waals surface area contributed by atoms with Gasteiger partial charge in [0, 0.05) is 17.8 Å². The molecule has 1 saturated carbocycles. The number of amides is 1. The molecule has 0 radical (unpaired) electrons. The Kier molecular flexibility index (Phi) is 5.15. The Bertz CT molecular complexity index is 732. The molecule has 1 atom stereocenters. The molecule has 24 heavy (non-hydrogen) atoms. The van der Waals surface area contributed by atoms with E-state index in [4.69, 9.17) is 4.74 Å². The Hall–Kier alpha value is -2.34. The first kappa shape index (κ1) is 16.5. The minimum absolute atomic E-state index is 0.197. The maximum atomic E-state index is 12.6. The van der Waals surface area contributed by atoms with Crippen LogP contribution in [0, 0.1) is 0 Å². The number of thioether (sulfide) groups is 1. The second-order valence-corrected chi connectivity index (χ2v) is 6.33. The number of esters is 1. The van der Waals surface area contributed by atoms with E-state index >= 15 is 0 Å². The number of benzene rings is 1. The molecule has 0 spiro atoms. The SMILES string of the molecule is CSc1ncccc1C(=O)OC(C(=O)NC1CC1)c1ccccc1. The lowest BCUT2D eigenvalue weighted by Gasteiger charge is -2.18. The van der Waals surface area contributed by atoms with Crippen molar-refractivity contribution in [1.29, 1.82) is 0 Å². The van der Waals surface area contributed by atoms with Gasteiger partial charge in [-0.25, -0.2) is 9.78 Å². The molecule has 6 heteroatoms. The number of carbonyl (C=O) groups excluding carboxylic acids is 2. The van der Waals surface area contributed by atoms with Crippen LogP contribution in [0.4, 0.5) is 0 Å². The normalized spacial score (nSPS) is 14.7. The number of ether oxygens (including phenoxy) is 1. The third-order valence-corrected chi connectivity index (χ3v) is 4.39. The lowest BCUT2D eigenvalue weighted by Crippen LogP contribution is -2.33. The number of carbonyl (C=O) groups is 2. The van der Waals surface area contributed by atoms with Crippen molar-refractivity contribution in [2.24, 2.45) is 0 Å². The standard InChI is InChI=1S/C18H18N2O3S/c1-24-17-14(8-5-11-19-17)18(22)23-15(12-6-3-2-4-7-12)16(21)20-13-9-10-13/h2-8,11,13,15H,9-10H2,1H3,(H,20,21). The fourth-order valence-corrected chi connectivity index (χ4v) is 2.82. The number of hydrogen-bond acceptors (Lipinski definition) is 5. The topological polar surface area (TPSA) is 68.3 Å². The number of nitrogens with one attached hydrogen (secondary N) is 1. The van der Waals surface area contributed by atoms with Crippen LogP contribution in [0.5, 0.6) is 0 Å². The molecule has 1 aliphatic carbocycles. The summed E-state index contributed by atoms with van der Waals surface area (Å²) in [5.41, 5.74) is 1.02. The minimum atomic E-state index is -0.964. The monoisotopic (exact) mass is 342 g/mol. The van der Waals surface area contributed by atoms with Gasteiger partial charge < -0.3 is 10.1 Å². The molecular formula is C18H18N2O3S. The van der Waals surface area contributed by atoms with Crippen LogP contribution in [0.3, 0.4) is 0 Å². The summed E-state index contributed by atoms with van der Waals surface area (Å²) in [7, 11) is 0. The highest BCUT2D eigenvalue weighted by Crippen LogP contribution is 2.25. The van der Waals surface area contributed by atoms with Crippen LogP contribution in [0.2, 0.25) is 0 Å². The van der Waals surface area contributed by atoms with E-state index in [1.807, 2.05) is 24.5 Å². The first-order valence-corrected chi connectivity index (χ1v) is 8.97. The lowest BCUT2D eigenvalue weighted by atomic mass is 10.1. The second kappa shape index (κ2) is 7.49. The largest absolute Gasteiger partial charge is 0.444 e. The number of nitrogens with zero attached hydrogens (tertiary/aromatic N) is 1. The summed E-state index contributed by atoms with van der Waals surface area (Å²) < 4.78 is 5.55. The highest BCUT2D eigenvalue weighted by molar-refractivity contribution is 7.98. The van der Waals surface area contributed by atoms with E-state index in [1.54, 1.807) is 30.5 Å². The van der Waals surface area contributed by atoms with Gasteiger partial charge in [0.2, 0.25) is 6.10 Å². The van der Waals surface area contributed by atoms with Gasteiger partial charge in [-0.2, -0.15) is 0 Å². The zero-order valence-corrected chi connectivity index (χ0v) is 14.1. The molecule has 1 N–H and O–H groups in total. The van der Waals surface area contributed by atoms with E-state index in [2.05, 4.69) is 10.3 Å². The Labute approximate surface area is 144 Å². The summed E-state index contributed by atoms with van der Waals surface area (Å²) in [4.78, 5) is 29.2. The summed E-state index contributed by atoms with van der Waals surface area (Å²) in [6.07, 6.45) is 4.44. The van der Waals surface area contributed by atoms with Gasteiger partial charge in [-0.15, -0.1) is 11.8 Å². The number of rotatable bonds is 6. The number of pyridine rings is 1. The van der Waals surface area contributed by atoms with Crippen molar-refractivity contribution in [3.8, 4) is 0 Å². The van der Waals surface area contributed by atoms with Crippen molar-refractivity contribution in [3.63, 3.8) is 0 Å². The van der Waals surface area contributed by atoms with E-state index in [0.29, 0.717) is 16.2 Å². The Morgan fingerprint density at radius 1 is 1.21 bits per heavy atom. The molecule has 1 amide bonds. The van der Waals surface area contributed by atoms with Crippen LogP contribution in [0.15, 0.2) is 53.7 Å². The molecule has 1 aromatic heterocycles. The van der Waals surface area contributed by atoms with Gasteiger partial charge in [-0.05, 0) is 31.2 Å². The Morgan fingerprint density at radius 3 is 2.62 bits per heavy atom. The first-order valence-electron chi connectivity index (χ1n) is 7.74. The van der Waals surface area contributed by atoms with E-state index in [1.165, 1.54) is 11.8 Å². The van der Waals surface area contributed by atoms with Crippen LogP contribution >= 0.6 is 11.8 Å². The average molecular weight is 342 g/mol. The molecule has 1 aromatic carbocycles. The van der Waals surface area contributed by atoms with E-state index in [9.17, 15) is 9.59 Å². The summed E-state index contributed by atoms with van der Waals surface area (Å²) in [5.74, 6) is -0.834. The summed E-state index contributed by atoms with van der Waals surface area (Å²) in [6, 6.07) is 12.6. The minimum Gasteiger partial charge on any atom is -0.444 e. The Morgan fingerprint density at radius 2 is 1.96 bits per heavy atom. The van der Waals surface area contributed by atoms with Gasteiger partial charge in [-0.3, -0.25) is 4.79 Å². The van der Waals surface area contributed by atoms with Crippen LogP contribution < -0.4 is 5.32 Å². The predicted molar refractivity (Wildman–Crippen MR) is 91.8 cm³/mol. The lowest BCUT2D eigenvalue weighted by molar-refractivity contribution is -0.130. The van der Waals surface area contributed by atoms with Gasteiger partial charge in [0.1, 0.15) is 5.03 Å². The molecule has 1 aliphatic rings. The molecule has 1 unspecified atom stereocenters. The van der Waals surface area contributed by atoms with Crippen molar-refractivity contribution < 1.29 is 14.3 Å². The van der Waals surface area contributed by atoms with E-state index in [0.717, 1.165) is 12.8 Å². The number of hydrogen-bond donors (Lipinski definition) is 1. The summed E-state index contributed by atoms with van der Waals surface area (Å²) in [6.45, 7) is 0. The maximum Gasteiger partial charge on any atom is 0.342 e. The zero-order valence-electron chi connectivity index (χ0n) is 13.3. The van der Waals surface area contributed by atoms with Crippen LogP contribution in [0.25, 0.3) is 0 Å². The van der Waals surface area contributed by atoms with Crippen LogP contribution in [0.1, 0.15) is 34.9 Å². The molecule has 2 aromatic rings. The quantitative estimate of drug-likeness (QED) is 0.646. The van der Waals surface area contributed by atoms with Gasteiger partial charge in [0.05, 0.1) is 5.56 Å². The van der Waals surface area contributed by atoms with Crippen molar-refractivity contribution in [2.45, 2.75) is 30.0 Å². The molecule has 0 saturated heterocycles. The van der Waals surface area contributed by atoms with Gasteiger partial charge in [-0.1, -0.05) is 30.3 Å². The average Bonchev–Trinajstić information content (AvgIpc) is 3.44. The van der Waals surface area contributed by atoms with E-state index in [-0.39, 0.29) is 11.9 Å². The third kappa shape index (κ3) is 3.94. The summed E-state index contributed by atoms with van der Waals surface area (Å²) >= 11 is 1.36. The van der Waals surface area contributed by atoms with Crippen LogP contribution in [-0.4, -0.2) is 29.2 Å². The highest BCUT2D eigenvalue weighted by Gasteiger charge is 2.31. The van der Waals surface area contributed by atoms with Crippen molar-refractivity contribution >= 4 is 23.6 Å². The van der Waals surface area contributed by atoms with Crippen molar-refractivity contribution in [2.75, 3.05) is 6.26 Å². The third-order valence-electron chi connectivity index (χ3n) is 3.67. The van der Waals surface area contributed by atoms with Gasteiger partial charge in [0.25, 0.3) is 5.91 Å². The molecule has 124 valence electrons. The highest BCUT2D eigenvalue weighted by atomic mass is 32.2. The second-order valence-electron chi connectivity index (χ2n) is 5.54. The fourth-order valence-electron chi connectivity index (χ4n) is 2.28. The first-order chi connectivity index (χ1) is 11.7. The summed E-state index contributed by atoms with van der Waals surface area (Å²) in [5, 5.41) is 3.48. The molecule has 3 rings (SSSR count). The van der Waals surface area contributed by atoms with Crippen molar-refractivity contribution in [1.82, 2.24) is 10.3 Å². The molecule has 5 nitrogen and oxygen atoms in total. The molecule has 1 fully saturated rings. The Balaban J connectivity index is 1.83. The zero-order chi connectivity index (χ0) is 16.9. The van der Waals surface area contributed by atoms with Crippen molar-refractivity contribution in [3.05, 3.63) is 59.8 Å². The van der Waals surface area contributed by atoms with Crippen LogP contribution in [-0.2, 0) is 9.53 Å². The smallest absolute Gasteiger partial charge is 0.342 e. The molecule has 0 bridgehead atoms. The van der Waals surface area contributed by atoms with Gasteiger partial charge in [0.15, 0.2) is 0 Å². The molecular weight excluding hydrogens is 324 g/mol. The van der Waals surface area contributed by atoms with Gasteiger partial charge >= 0.3 is 5.97 Å². The fraction of sp³-hybridized carbons (Fsp3) is 0.278. The maximum absolute atomic E-state index is 12.6. The molecule has 1 heterocycles. The number of aromatic nitrogens is 1.